The fraction of sp³-hybridized carbons (Fsp3) is 0.320. The third kappa shape index (κ3) is 5.20. The quantitative estimate of drug-likeness (QED) is 0.446. The second-order valence-electron chi connectivity index (χ2n) is 7.64. The van der Waals surface area contributed by atoms with Gasteiger partial charge in [-0.1, -0.05) is 6.92 Å². The lowest BCUT2D eigenvalue weighted by atomic mass is 10.1. The molecule has 0 saturated carbocycles. The Morgan fingerprint density at radius 2 is 1.71 bits per heavy atom. The van der Waals surface area contributed by atoms with E-state index in [1.807, 2.05) is 25.3 Å². The third-order valence-electron chi connectivity index (χ3n) is 5.37. The molecule has 0 unspecified atom stereocenters. The first kappa shape index (κ1) is 25.2. The van der Waals surface area contributed by atoms with Gasteiger partial charge in [-0.3, -0.25) is 4.79 Å². The standard InChI is InChI=1S/C25H27FN2O5S/c1-6-19-16(5)34-23(22(19)25(31)32-7-2)27-21(29)13-33-24(30)20-12-14(3)28(15(20)4)18-10-8-17(26)9-11-18/h8-12H,6-7,13H2,1-5H3,(H,27,29). The Balaban J connectivity index is 1.72. The molecular weight excluding hydrogens is 459 g/mol. The zero-order valence-electron chi connectivity index (χ0n) is 19.8. The van der Waals surface area contributed by atoms with Crippen LogP contribution in [0.3, 0.4) is 0 Å². The lowest BCUT2D eigenvalue weighted by Gasteiger charge is -2.10. The maximum atomic E-state index is 13.3. The van der Waals surface area contributed by atoms with Gasteiger partial charge in [-0.25, -0.2) is 14.0 Å². The number of ether oxygens (including phenoxy) is 2. The van der Waals surface area contributed by atoms with Crippen LogP contribution in [0.15, 0.2) is 30.3 Å². The number of benzene rings is 1. The van der Waals surface area contributed by atoms with Gasteiger partial charge in [0, 0.05) is 22.0 Å². The number of carbonyl (C=O) groups is 3. The molecule has 1 amide bonds. The zero-order chi connectivity index (χ0) is 25.0. The van der Waals surface area contributed by atoms with Gasteiger partial charge in [0.05, 0.1) is 17.7 Å². The summed E-state index contributed by atoms with van der Waals surface area (Å²) in [6, 6.07) is 7.59. The highest BCUT2D eigenvalue weighted by Gasteiger charge is 2.24. The number of thiophene rings is 1. The molecule has 0 aliphatic rings. The van der Waals surface area contributed by atoms with Gasteiger partial charge in [-0.2, -0.15) is 0 Å². The summed E-state index contributed by atoms with van der Waals surface area (Å²) in [6.07, 6.45) is 0.616. The molecule has 0 spiro atoms. The van der Waals surface area contributed by atoms with Crippen molar-refractivity contribution in [2.45, 2.75) is 41.0 Å². The molecule has 0 radical (unpaired) electrons. The van der Waals surface area contributed by atoms with Gasteiger partial charge in [-0.05, 0) is 70.0 Å². The van der Waals surface area contributed by atoms with Crippen LogP contribution in [0.4, 0.5) is 9.39 Å². The van der Waals surface area contributed by atoms with Crippen molar-refractivity contribution in [2.24, 2.45) is 0 Å². The number of amides is 1. The molecule has 1 aromatic carbocycles. The van der Waals surface area contributed by atoms with Crippen LogP contribution in [0.25, 0.3) is 5.69 Å². The number of esters is 2. The summed E-state index contributed by atoms with van der Waals surface area (Å²) in [7, 11) is 0. The fourth-order valence-electron chi connectivity index (χ4n) is 3.84. The predicted octanol–water partition coefficient (Wildman–Crippen LogP) is 5.14. The minimum absolute atomic E-state index is 0.220. The molecule has 0 aliphatic carbocycles. The molecule has 34 heavy (non-hydrogen) atoms. The van der Waals surface area contributed by atoms with Crippen LogP contribution in [0.2, 0.25) is 0 Å². The van der Waals surface area contributed by atoms with E-state index < -0.39 is 24.5 Å². The van der Waals surface area contributed by atoms with E-state index in [2.05, 4.69) is 5.32 Å². The molecule has 2 aromatic heterocycles. The maximum Gasteiger partial charge on any atom is 0.341 e. The van der Waals surface area contributed by atoms with Crippen molar-refractivity contribution in [1.29, 1.82) is 0 Å². The second kappa shape index (κ2) is 10.6. The topological polar surface area (TPSA) is 86.6 Å². The van der Waals surface area contributed by atoms with Gasteiger partial charge >= 0.3 is 11.9 Å². The molecule has 3 rings (SSSR count). The highest BCUT2D eigenvalue weighted by Crippen LogP contribution is 2.34. The molecule has 0 saturated heterocycles. The van der Waals surface area contributed by atoms with Crippen LogP contribution in [-0.2, 0) is 20.7 Å². The van der Waals surface area contributed by atoms with Crippen LogP contribution in [0.1, 0.15) is 56.4 Å². The Morgan fingerprint density at radius 3 is 2.32 bits per heavy atom. The number of aromatic nitrogens is 1. The fourth-order valence-corrected chi connectivity index (χ4v) is 4.99. The van der Waals surface area contributed by atoms with Crippen molar-refractivity contribution < 1.29 is 28.2 Å². The van der Waals surface area contributed by atoms with Gasteiger partial charge in [0.25, 0.3) is 5.91 Å². The predicted molar refractivity (Wildman–Crippen MR) is 129 cm³/mol. The molecule has 180 valence electrons. The minimum atomic E-state index is -0.654. The van der Waals surface area contributed by atoms with Crippen molar-refractivity contribution in [3.63, 3.8) is 0 Å². The van der Waals surface area contributed by atoms with Crippen molar-refractivity contribution in [2.75, 3.05) is 18.5 Å². The summed E-state index contributed by atoms with van der Waals surface area (Å²) in [4.78, 5) is 38.5. The Labute approximate surface area is 201 Å². The van der Waals surface area contributed by atoms with Crippen LogP contribution in [-0.4, -0.2) is 35.6 Å². The SMILES string of the molecule is CCOC(=O)c1c(NC(=O)COC(=O)c2cc(C)n(-c3ccc(F)cc3)c2C)sc(C)c1CC. The van der Waals surface area contributed by atoms with Crippen LogP contribution < -0.4 is 5.32 Å². The summed E-state index contributed by atoms with van der Waals surface area (Å²) < 4.78 is 25.5. The average Bonchev–Trinajstić information content (AvgIpc) is 3.27. The summed E-state index contributed by atoms with van der Waals surface area (Å²) in [6.45, 7) is 8.79. The summed E-state index contributed by atoms with van der Waals surface area (Å²) in [5.41, 5.74) is 3.56. The minimum Gasteiger partial charge on any atom is -0.462 e. The van der Waals surface area contributed by atoms with E-state index in [0.29, 0.717) is 33.9 Å². The lowest BCUT2D eigenvalue weighted by molar-refractivity contribution is -0.119. The van der Waals surface area contributed by atoms with E-state index in [9.17, 15) is 18.8 Å². The molecule has 0 fully saturated rings. The highest BCUT2D eigenvalue weighted by molar-refractivity contribution is 7.16. The van der Waals surface area contributed by atoms with E-state index in [0.717, 1.165) is 16.1 Å². The van der Waals surface area contributed by atoms with E-state index >= 15 is 0 Å². The Bertz CT molecular complexity index is 1230. The Kier molecular flexibility index (Phi) is 7.88. The molecule has 3 aromatic rings. The third-order valence-corrected chi connectivity index (χ3v) is 6.43. The number of nitrogens with zero attached hydrogens (tertiary/aromatic N) is 1. The molecule has 1 N–H and O–H groups in total. The van der Waals surface area contributed by atoms with Crippen LogP contribution in [0.5, 0.6) is 0 Å². The summed E-state index contributed by atoms with van der Waals surface area (Å²) >= 11 is 1.28. The monoisotopic (exact) mass is 486 g/mol. The van der Waals surface area contributed by atoms with Gasteiger partial charge in [0.15, 0.2) is 6.61 Å². The average molecular weight is 487 g/mol. The van der Waals surface area contributed by atoms with Crippen molar-refractivity contribution in [1.82, 2.24) is 4.57 Å². The van der Waals surface area contributed by atoms with E-state index in [4.69, 9.17) is 9.47 Å². The molecule has 9 heteroatoms. The smallest absolute Gasteiger partial charge is 0.341 e. The normalized spacial score (nSPS) is 10.8. The van der Waals surface area contributed by atoms with Gasteiger partial charge < -0.3 is 19.4 Å². The number of carbonyl (C=O) groups excluding carboxylic acids is 3. The number of rotatable bonds is 8. The van der Waals surface area contributed by atoms with Gasteiger partial charge in [0.2, 0.25) is 0 Å². The molecule has 2 heterocycles. The number of anilines is 1. The first-order valence-electron chi connectivity index (χ1n) is 10.9. The van der Waals surface area contributed by atoms with Gasteiger partial charge in [0.1, 0.15) is 10.8 Å². The largest absolute Gasteiger partial charge is 0.462 e. The molecule has 0 atom stereocenters. The van der Waals surface area contributed by atoms with Crippen molar-refractivity contribution in [3.8, 4) is 5.69 Å². The van der Waals surface area contributed by atoms with E-state index in [1.54, 1.807) is 32.0 Å². The number of hydrogen-bond acceptors (Lipinski definition) is 6. The van der Waals surface area contributed by atoms with Crippen LogP contribution >= 0.6 is 11.3 Å². The van der Waals surface area contributed by atoms with Crippen molar-refractivity contribution in [3.05, 3.63) is 69.1 Å². The summed E-state index contributed by atoms with van der Waals surface area (Å²) in [5, 5.41) is 3.05. The number of aryl methyl sites for hydroxylation is 2. The molecule has 7 nitrogen and oxygen atoms in total. The van der Waals surface area contributed by atoms with Crippen molar-refractivity contribution >= 4 is 34.2 Å². The van der Waals surface area contributed by atoms with E-state index in [-0.39, 0.29) is 12.4 Å². The highest BCUT2D eigenvalue weighted by atomic mass is 32.1. The summed E-state index contributed by atoms with van der Waals surface area (Å²) in [5.74, 6) is -2.06. The first-order valence-corrected chi connectivity index (χ1v) is 11.7. The molecule has 0 bridgehead atoms. The van der Waals surface area contributed by atoms with Crippen LogP contribution in [0, 0.1) is 26.6 Å². The second-order valence-corrected chi connectivity index (χ2v) is 8.86. The Morgan fingerprint density at radius 1 is 1.03 bits per heavy atom. The number of nitrogens with one attached hydrogen (secondary N) is 1. The lowest BCUT2D eigenvalue weighted by Crippen LogP contribution is -2.22. The van der Waals surface area contributed by atoms with E-state index in [1.165, 1.54) is 23.5 Å². The number of hydrogen-bond donors (Lipinski definition) is 1. The zero-order valence-corrected chi connectivity index (χ0v) is 20.6. The number of halogens is 1. The maximum absolute atomic E-state index is 13.3. The van der Waals surface area contributed by atoms with Gasteiger partial charge in [-0.15, -0.1) is 11.3 Å². The molecule has 0 aliphatic heterocycles. The molecular formula is C25H27FN2O5S. The first-order chi connectivity index (χ1) is 16.2. The Hall–Kier alpha value is -3.46.